The number of pyridine rings is 1. The van der Waals surface area contributed by atoms with Gasteiger partial charge in [-0.05, 0) is 53.9 Å². The van der Waals surface area contributed by atoms with Gasteiger partial charge < -0.3 is 5.32 Å². The minimum absolute atomic E-state index is 0.0289. The van der Waals surface area contributed by atoms with Crippen LogP contribution < -0.4 is 5.32 Å². The Labute approximate surface area is 231 Å². The van der Waals surface area contributed by atoms with Gasteiger partial charge in [-0.25, -0.2) is 15.0 Å². The van der Waals surface area contributed by atoms with Crippen LogP contribution in [0.3, 0.4) is 0 Å². The summed E-state index contributed by atoms with van der Waals surface area (Å²) in [4.78, 5) is 28.7. The highest BCUT2D eigenvalue weighted by molar-refractivity contribution is 8.00. The van der Waals surface area contributed by atoms with Crippen molar-refractivity contribution >= 4 is 49.4 Å². The Morgan fingerprint density at radius 1 is 0.974 bits per heavy atom. The fourth-order valence-electron chi connectivity index (χ4n) is 5.40. The molecule has 5 aromatic rings. The largest absolute Gasteiger partial charge is 0.344 e. The fourth-order valence-corrected chi connectivity index (χ4v) is 7.47. The van der Waals surface area contributed by atoms with Gasteiger partial charge in [-0.1, -0.05) is 86.3 Å². The summed E-state index contributed by atoms with van der Waals surface area (Å²) in [6.45, 7) is 4.51. The predicted octanol–water partition coefficient (Wildman–Crippen LogP) is 6.92. The molecule has 0 aliphatic heterocycles. The summed E-state index contributed by atoms with van der Waals surface area (Å²) < 4.78 is 1.03. The van der Waals surface area contributed by atoms with E-state index in [1.807, 2.05) is 36.4 Å². The van der Waals surface area contributed by atoms with E-state index in [-0.39, 0.29) is 17.7 Å². The second-order valence-corrected chi connectivity index (χ2v) is 12.2. The minimum atomic E-state index is -0.202. The number of thiophene rings is 1. The third-order valence-electron chi connectivity index (χ3n) is 7.04. The van der Waals surface area contributed by atoms with Gasteiger partial charge in [-0.3, -0.25) is 4.79 Å². The maximum atomic E-state index is 13.2. The normalized spacial score (nSPS) is 13.1. The molecule has 7 heteroatoms. The SMILES string of the molecule is CC(C)Cc1nc2sc3c(SCC(=O)NC(c4ccccc4)c4ccccc4)ncnc3c2c2c1CCC2. The maximum Gasteiger partial charge on any atom is 0.231 e. The van der Waals surface area contributed by atoms with Crippen LogP contribution in [-0.2, 0) is 24.1 Å². The van der Waals surface area contributed by atoms with Crippen molar-refractivity contribution in [2.45, 2.75) is 50.6 Å². The fraction of sp³-hybridized carbons (Fsp3) is 0.290. The number of aromatic nitrogens is 3. The van der Waals surface area contributed by atoms with Crippen molar-refractivity contribution in [2.24, 2.45) is 5.92 Å². The number of carbonyl (C=O) groups is 1. The van der Waals surface area contributed by atoms with Crippen LogP contribution in [-0.4, -0.2) is 26.6 Å². The summed E-state index contributed by atoms with van der Waals surface area (Å²) in [7, 11) is 0. The zero-order chi connectivity index (χ0) is 26.1. The molecule has 1 amide bonds. The van der Waals surface area contributed by atoms with Crippen molar-refractivity contribution in [3.8, 4) is 0 Å². The molecule has 38 heavy (non-hydrogen) atoms. The molecular formula is C31H30N4OS2. The van der Waals surface area contributed by atoms with Gasteiger partial charge in [0.1, 0.15) is 16.2 Å². The molecular weight excluding hydrogens is 509 g/mol. The lowest BCUT2D eigenvalue weighted by atomic mass is 9.99. The molecule has 0 saturated heterocycles. The molecule has 3 heterocycles. The lowest BCUT2D eigenvalue weighted by Crippen LogP contribution is -2.30. The van der Waals surface area contributed by atoms with Crippen LogP contribution in [0.4, 0.5) is 0 Å². The van der Waals surface area contributed by atoms with E-state index < -0.39 is 0 Å². The monoisotopic (exact) mass is 538 g/mol. The average molecular weight is 539 g/mol. The van der Waals surface area contributed by atoms with Gasteiger partial charge in [0.25, 0.3) is 0 Å². The molecule has 0 bridgehead atoms. The van der Waals surface area contributed by atoms with Crippen molar-refractivity contribution in [3.05, 3.63) is 94.9 Å². The van der Waals surface area contributed by atoms with Gasteiger partial charge in [0, 0.05) is 11.1 Å². The van der Waals surface area contributed by atoms with Gasteiger partial charge in [0.15, 0.2) is 0 Å². The number of hydrogen-bond acceptors (Lipinski definition) is 6. The van der Waals surface area contributed by atoms with E-state index in [0.29, 0.717) is 5.92 Å². The van der Waals surface area contributed by atoms with E-state index in [2.05, 4.69) is 48.4 Å². The third-order valence-corrected chi connectivity index (χ3v) is 9.24. The predicted molar refractivity (Wildman–Crippen MR) is 157 cm³/mol. The van der Waals surface area contributed by atoms with E-state index in [0.717, 1.165) is 50.5 Å². The smallest absolute Gasteiger partial charge is 0.231 e. The number of thioether (sulfide) groups is 1. The number of nitrogens with zero attached hydrogens (tertiary/aromatic N) is 3. The van der Waals surface area contributed by atoms with Crippen LogP contribution in [0.1, 0.15) is 54.3 Å². The Kier molecular flexibility index (Phi) is 7.13. The zero-order valence-corrected chi connectivity index (χ0v) is 23.2. The summed E-state index contributed by atoms with van der Waals surface area (Å²) in [5.74, 6) is 0.818. The van der Waals surface area contributed by atoms with Crippen molar-refractivity contribution in [1.82, 2.24) is 20.3 Å². The van der Waals surface area contributed by atoms with Crippen molar-refractivity contribution in [3.63, 3.8) is 0 Å². The lowest BCUT2D eigenvalue weighted by molar-refractivity contribution is -0.119. The third kappa shape index (κ3) is 4.93. The number of carbonyl (C=O) groups excluding carboxylic acids is 1. The first-order valence-electron chi connectivity index (χ1n) is 13.2. The molecule has 0 unspecified atom stereocenters. The summed E-state index contributed by atoms with van der Waals surface area (Å²) in [6, 6.07) is 20.0. The molecule has 5 nitrogen and oxygen atoms in total. The first-order chi connectivity index (χ1) is 18.6. The highest BCUT2D eigenvalue weighted by Gasteiger charge is 2.25. The highest BCUT2D eigenvalue weighted by atomic mass is 32.2. The Morgan fingerprint density at radius 2 is 1.66 bits per heavy atom. The second-order valence-electron chi connectivity index (χ2n) is 10.2. The van der Waals surface area contributed by atoms with Gasteiger partial charge in [0.05, 0.1) is 22.0 Å². The molecule has 1 aliphatic rings. The van der Waals surface area contributed by atoms with Crippen LogP contribution >= 0.6 is 23.1 Å². The summed E-state index contributed by atoms with van der Waals surface area (Å²) >= 11 is 3.14. The number of amides is 1. The van der Waals surface area contributed by atoms with Crippen LogP contribution in [0.5, 0.6) is 0 Å². The number of rotatable bonds is 8. The van der Waals surface area contributed by atoms with Crippen LogP contribution in [0, 0.1) is 5.92 Å². The summed E-state index contributed by atoms with van der Waals surface area (Å²) in [5, 5.41) is 5.29. The van der Waals surface area contributed by atoms with Crippen LogP contribution in [0.15, 0.2) is 72.0 Å². The molecule has 0 fully saturated rings. The van der Waals surface area contributed by atoms with Crippen molar-refractivity contribution in [2.75, 3.05) is 5.75 Å². The molecule has 192 valence electrons. The summed E-state index contributed by atoms with van der Waals surface area (Å²) in [5.41, 5.74) is 7.21. The molecule has 0 spiro atoms. The average Bonchev–Trinajstić information content (AvgIpc) is 3.56. The van der Waals surface area contributed by atoms with Crippen LogP contribution in [0.25, 0.3) is 20.4 Å². The number of benzene rings is 2. The number of aryl methyl sites for hydroxylation is 1. The Balaban J connectivity index is 1.27. The lowest BCUT2D eigenvalue weighted by Gasteiger charge is -2.19. The van der Waals surface area contributed by atoms with E-state index >= 15 is 0 Å². The molecule has 0 saturated carbocycles. The quantitative estimate of drug-likeness (QED) is 0.171. The van der Waals surface area contributed by atoms with E-state index in [1.165, 1.54) is 40.4 Å². The Bertz CT molecular complexity index is 1560. The van der Waals surface area contributed by atoms with Gasteiger partial charge in [-0.2, -0.15) is 0 Å². The maximum absolute atomic E-state index is 13.2. The topological polar surface area (TPSA) is 67.8 Å². The Hall–Kier alpha value is -3.29. The molecule has 6 rings (SSSR count). The molecule has 3 aromatic heterocycles. The van der Waals surface area contributed by atoms with Gasteiger partial charge in [-0.15, -0.1) is 11.3 Å². The van der Waals surface area contributed by atoms with E-state index in [1.54, 1.807) is 17.7 Å². The molecule has 1 aliphatic carbocycles. The van der Waals surface area contributed by atoms with Crippen molar-refractivity contribution in [1.29, 1.82) is 0 Å². The molecule has 1 N–H and O–H groups in total. The standard InChI is InChI=1S/C31H30N4OS2/c1-19(2)16-24-22-14-9-15-23(22)26-28-29(38-30(26)34-24)31(33-18-32-28)37-17-25(36)35-27(20-10-5-3-6-11-20)21-12-7-4-8-13-21/h3-8,10-13,18-19,27H,9,14-17H2,1-2H3,(H,35,36). The summed E-state index contributed by atoms with van der Waals surface area (Å²) in [6.07, 6.45) is 6.00. The second kappa shape index (κ2) is 10.8. The number of hydrogen-bond donors (Lipinski definition) is 1. The highest BCUT2D eigenvalue weighted by Crippen LogP contribution is 2.42. The Morgan fingerprint density at radius 3 is 2.34 bits per heavy atom. The van der Waals surface area contributed by atoms with E-state index in [4.69, 9.17) is 9.97 Å². The van der Waals surface area contributed by atoms with Gasteiger partial charge >= 0.3 is 0 Å². The minimum Gasteiger partial charge on any atom is -0.344 e. The number of nitrogens with one attached hydrogen (secondary N) is 1. The molecule has 0 radical (unpaired) electrons. The zero-order valence-electron chi connectivity index (χ0n) is 21.6. The van der Waals surface area contributed by atoms with Gasteiger partial charge in [0.2, 0.25) is 5.91 Å². The van der Waals surface area contributed by atoms with Crippen LogP contribution in [0.2, 0.25) is 0 Å². The first-order valence-corrected chi connectivity index (χ1v) is 15.0. The molecule has 2 aromatic carbocycles. The van der Waals surface area contributed by atoms with Crippen molar-refractivity contribution < 1.29 is 4.79 Å². The first kappa shape index (κ1) is 25.0. The number of fused-ring (bicyclic) bond motifs is 5. The molecule has 0 atom stereocenters. The van der Waals surface area contributed by atoms with E-state index in [9.17, 15) is 4.79 Å².